The molecule has 0 aliphatic rings. The molecule has 0 bridgehead atoms. The van der Waals surface area contributed by atoms with Gasteiger partial charge in [0, 0.05) is 6.20 Å². The van der Waals surface area contributed by atoms with Gasteiger partial charge >= 0.3 is 6.18 Å². The van der Waals surface area contributed by atoms with E-state index in [1.807, 2.05) is 0 Å². The molecular formula is C7H5ClF3N. The van der Waals surface area contributed by atoms with Crippen LogP contribution in [0.4, 0.5) is 13.2 Å². The van der Waals surface area contributed by atoms with Crippen LogP contribution in [0.1, 0.15) is 11.3 Å². The minimum atomic E-state index is -4.32. The topological polar surface area (TPSA) is 12.9 Å². The molecule has 1 aromatic rings. The van der Waals surface area contributed by atoms with Crippen molar-refractivity contribution in [3.05, 3.63) is 29.6 Å². The second-order valence-corrected chi connectivity index (χ2v) is 2.43. The van der Waals surface area contributed by atoms with Crippen LogP contribution in [-0.4, -0.2) is 4.98 Å². The first-order chi connectivity index (χ1) is 5.54. The van der Waals surface area contributed by atoms with E-state index in [9.17, 15) is 13.2 Å². The number of aromatic nitrogens is 1. The quantitative estimate of drug-likeness (QED) is 0.628. The van der Waals surface area contributed by atoms with Crippen molar-refractivity contribution in [1.82, 2.24) is 4.98 Å². The summed E-state index contributed by atoms with van der Waals surface area (Å²) in [6, 6.07) is 1.85. The molecule has 0 fully saturated rings. The fourth-order valence-electron chi connectivity index (χ4n) is 0.728. The van der Waals surface area contributed by atoms with Crippen LogP contribution in [0.3, 0.4) is 0 Å². The summed E-state index contributed by atoms with van der Waals surface area (Å²) in [5.41, 5.74) is -0.486. The van der Waals surface area contributed by atoms with Gasteiger partial charge in [0.2, 0.25) is 0 Å². The van der Waals surface area contributed by atoms with Crippen LogP contribution in [-0.2, 0) is 12.1 Å². The van der Waals surface area contributed by atoms with Crippen molar-refractivity contribution in [3.63, 3.8) is 0 Å². The number of alkyl halides is 4. The van der Waals surface area contributed by atoms with E-state index in [0.717, 1.165) is 18.3 Å². The Morgan fingerprint density at radius 1 is 1.42 bits per heavy atom. The van der Waals surface area contributed by atoms with E-state index in [0.29, 0.717) is 0 Å². The molecule has 0 radical (unpaired) electrons. The molecule has 0 spiro atoms. The van der Waals surface area contributed by atoms with Crippen molar-refractivity contribution < 1.29 is 13.2 Å². The second-order valence-electron chi connectivity index (χ2n) is 2.17. The number of rotatable bonds is 1. The number of hydrogen-bond donors (Lipinski definition) is 0. The van der Waals surface area contributed by atoms with Crippen LogP contribution in [0.5, 0.6) is 0 Å². The standard InChI is InChI=1S/C7H5ClF3N/c8-4-6-3-5(1-2-12-6)7(9,10)11/h1-3H,4H2. The predicted octanol–water partition coefficient (Wildman–Crippen LogP) is 2.84. The van der Waals surface area contributed by atoms with Gasteiger partial charge in [-0.1, -0.05) is 0 Å². The monoisotopic (exact) mass is 195 g/mol. The maximum absolute atomic E-state index is 12.0. The van der Waals surface area contributed by atoms with Crippen molar-refractivity contribution in [3.8, 4) is 0 Å². The number of hydrogen-bond acceptors (Lipinski definition) is 1. The van der Waals surface area contributed by atoms with Gasteiger partial charge in [0.1, 0.15) is 0 Å². The molecule has 0 unspecified atom stereocenters. The highest BCUT2D eigenvalue weighted by molar-refractivity contribution is 6.16. The van der Waals surface area contributed by atoms with Gasteiger partial charge in [-0.15, -0.1) is 11.6 Å². The zero-order chi connectivity index (χ0) is 9.19. The molecule has 0 amide bonds. The Morgan fingerprint density at radius 2 is 2.08 bits per heavy atom. The third-order valence-electron chi connectivity index (χ3n) is 1.28. The van der Waals surface area contributed by atoms with E-state index in [-0.39, 0.29) is 11.6 Å². The molecule has 1 nitrogen and oxygen atoms in total. The Morgan fingerprint density at radius 3 is 2.58 bits per heavy atom. The van der Waals surface area contributed by atoms with E-state index >= 15 is 0 Å². The summed E-state index contributed by atoms with van der Waals surface area (Å²) in [6.45, 7) is 0. The van der Waals surface area contributed by atoms with Gasteiger partial charge in [0.25, 0.3) is 0 Å². The molecule has 1 heterocycles. The summed E-state index contributed by atoms with van der Waals surface area (Å²) < 4.78 is 36.1. The number of halogens is 4. The summed E-state index contributed by atoms with van der Waals surface area (Å²) in [4.78, 5) is 3.64. The summed E-state index contributed by atoms with van der Waals surface area (Å²) in [7, 11) is 0. The van der Waals surface area contributed by atoms with Crippen LogP contribution < -0.4 is 0 Å². The van der Waals surface area contributed by atoms with E-state index in [4.69, 9.17) is 11.6 Å². The molecular weight excluding hydrogens is 191 g/mol. The van der Waals surface area contributed by atoms with Gasteiger partial charge in [0.05, 0.1) is 17.1 Å². The molecule has 0 aliphatic heterocycles. The van der Waals surface area contributed by atoms with Crippen LogP contribution in [0.25, 0.3) is 0 Å². The Bertz CT molecular complexity index is 272. The molecule has 0 N–H and O–H groups in total. The average Bonchev–Trinajstić information content (AvgIpc) is 2.03. The maximum atomic E-state index is 12.0. The molecule has 0 aliphatic carbocycles. The van der Waals surface area contributed by atoms with Gasteiger partial charge in [-0.2, -0.15) is 13.2 Å². The van der Waals surface area contributed by atoms with Crippen molar-refractivity contribution in [2.75, 3.05) is 0 Å². The van der Waals surface area contributed by atoms with Gasteiger partial charge in [0.15, 0.2) is 0 Å². The largest absolute Gasteiger partial charge is 0.416 e. The lowest BCUT2D eigenvalue weighted by Gasteiger charge is -2.06. The van der Waals surface area contributed by atoms with Crippen molar-refractivity contribution in [2.24, 2.45) is 0 Å². The summed E-state index contributed by atoms with van der Waals surface area (Å²) in [6.07, 6.45) is -3.22. The minimum Gasteiger partial charge on any atom is -0.260 e. The Balaban J connectivity index is 3.02. The lowest BCUT2D eigenvalue weighted by Crippen LogP contribution is -2.05. The Labute approximate surface area is 72.2 Å². The highest BCUT2D eigenvalue weighted by atomic mass is 35.5. The first-order valence-corrected chi connectivity index (χ1v) is 3.65. The van der Waals surface area contributed by atoms with E-state index in [1.165, 1.54) is 0 Å². The smallest absolute Gasteiger partial charge is 0.260 e. The Hall–Kier alpha value is -0.770. The van der Waals surface area contributed by atoms with Crippen LogP contribution in [0.15, 0.2) is 18.3 Å². The van der Waals surface area contributed by atoms with Crippen LogP contribution in [0, 0.1) is 0 Å². The summed E-state index contributed by atoms with van der Waals surface area (Å²) >= 11 is 5.32. The normalized spacial score (nSPS) is 11.7. The molecule has 1 aromatic heterocycles. The molecule has 0 saturated carbocycles. The third kappa shape index (κ3) is 2.11. The molecule has 12 heavy (non-hydrogen) atoms. The minimum absolute atomic E-state index is 0.01000. The fraction of sp³-hybridized carbons (Fsp3) is 0.286. The van der Waals surface area contributed by atoms with Crippen LogP contribution in [0.2, 0.25) is 0 Å². The second kappa shape index (κ2) is 3.31. The van der Waals surface area contributed by atoms with Gasteiger partial charge in [-0.3, -0.25) is 4.98 Å². The number of nitrogens with zero attached hydrogens (tertiary/aromatic N) is 1. The summed E-state index contributed by atoms with van der Waals surface area (Å²) in [5, 5.41) is 0. The lowest BCUT2D eigenvalue weighted by atomic mass is 10.2. The highest BCUT2D eigenvalue weighted by Gasteiger charge is 2.30. The molecule has 0 aromatic carbocycles. The summed E-state index contributed by atoms with van der Waals surface area (Å²) in [5.74, 6) is -0.01000. The molecule has 5 heteroatoms. The first-order valence-electron chi connectivity index (χ1n) is 3.12. The van der Waals surface area contributed by atoms with Crippen LogP contribution >= 0.6 is 11.6 Å². The highest BCUT2D eigenvalue weighted by Crippen LogP contribution is 2.29. The Kier molecular flexibility index (Phi) is 2.57. The fourth-order valence-corrected chi connectivity index (χ4v) is 0.874. The van der Waals surface area contributed by atoms with E-state index < -0.39 is 11.7 Å². The number of pyridine rings is 1. The molecule has 0 saturated heterocycles. The maximum Gasteiger partial charge on any atom is 0.416 e. The van der Waals surface area contributed by atoms with Crippen molar-refractivity contribution >= 4 is 11.6 Å². The van der Waals surface area contributed by atoms with Gasteiger partial charge in [-0.05, 0) is 12.1 Å². The third-order valence-corrected chi connectivity index (χ3v) is 1.55. The van der Waals surface area contributed by atoms with Crippen molar-refractivity contribution in [2.45, 2.75) is 12.1 Å². The average molecular weight is 196 g/mol. The predicted molar refractivity (Wildman–Crippen MR) is 38.8 cm³/mol. The van der Waals surface area contributed by atoms with E-state index in [2.05, 4.69) is 4.98 Å². The lowest BCUT2D eigenvalue weighted by molar-refractivity contribution is -0.137. The van der Waals surface area contributed by atoms with Gasteiger partial charge in [-0.25, -0.2) is 0 Å². The van der Waals surface area contributed by atoms with Crippen molar-refractivity contribution in [1.29, 1.82) is 0 Å². The molecule has 66 valence electrons. The van der Waals surface area contributed by atoms with E-state index in [1.54, 1.807) is 0 Å². The zero-order valence-corrected chi connectivity index (χ0v) is 6.65. The van der Waals surface area contributed by atoms with Gasteiger partial charge < -0.3 is 0 Å². The first kappa shape index (κ1) is 9.32. The molecule has 1 rings (SSSR count). The SMILES string of the molecule is FC(F)(F)c1ccnc(CCl)c1. The molecule has 0 atom stereocenters. The zero-order valence-electron chi connectivity index (χ0n) is 5.90.